The van der Waals surface area contributed by atoms with Gasteiger partial charge in [-0.1, -0.05) is 17.7 Å². The predicted octanol–water partition coefficient (Wildman–Crippen LogP) is 2.08. The second-order valence-electron chi connectivity index (χ2n) is 4.43. The van der Waals surface area contributed by atoms with Gasteiger partial charge in [0, 0.05) is 0 Å². The van der Waals surface area contributed by atoms with E-state index in [1.54, 1.807) is 32.0 Å². The van der Waals surface area contributed by atoms with Crippen molar-refractivity contribution in [3.63, 3.8) is 0 Å². The molecule has 0 saturated carbocycles. The van der Waals surface area contributed by atoms with Crippen LogP contribution in [-0.4, -0.2) is 23.2 Å². The monoisotopic (exact) mass is 257 g/mol. The number of hydrogen-bond donors (Lipinski definition) is 2. The molecule has 0 bridgehead atoms. The minimum atomic E-state index is -0.827. The molecular weight excluding hydrogens is 242 g/mol. The van der Waals surface area contributed by atoms with Gasteiger partial charge in [-0.15, -0.1) is 0 Å². The summed E-state index contributed by atoms with van der Waals surface area (Å²) in [5, 5.41) is 9.33. The third-order valence-corrected chi connectivity index (χ3v) is 2.48. The third-order valence-electron chi connectivity index (χ3n) is 2.17. The van der Waals surface area contributed by atoms with Gasteiger partial charge in [-0.25, -0.2) is 5.48 Å². The molecule has 0 aliphatic carbocycles. The quantitative estimate of drug-likeness (QED) is 0.812. The molecule has 0 unspecified atom stereocenters. The first kappa shape index (κ1) is 14.0. The standard InChI is InChI=1S/C12H16ClNO3/c1-8-4-5-9(10(13)6-8)11(16)14-17-12(2,3)7-15/h4-6,15H,7H2,1-3H3,(H,14,16). The van der Waals surface area contributed by atoms with Crippen LogP contribution in [0.4, 0.5) is 0 Å². The summed E-state index contributed by atoms with van der Waals surface area (Å²) in [6.45, 7) is 5.00. The normalized spacial score (nSPS) is 11.4. The molecule has 0 atom stereocenters. The number of carbonyl (C=O) groups excluding carboxylic acids is 1. The molecule has 0 fully saturated rings. The lowest BCUT2D eigenvalue weighted by molar-refractivity contribution is -0.0956. The summed E-state index contributed by atoms with van der Waals surface area (Å²) in [5.41, 5.74) is 2.75. The first-order valence-corrected chi connectivity index (χ1v) is 5.59. The van der Waals surface area contributed by atoms with Gasteiger partial charge in [-0.05, 0) is 38.5 Å². The number of rotatable bonds is 4. The maximum absolute atomic E-state index is 11.7. The lowest BCUT2D eigenvalue weighted by Crippen LogP contribution is -2.38. The van der Waals surface area contributed by atoms with E-state index in [2.05, 4.69) is 5.48 Å². The molecule has 0 spiro atoms. The van der Waals surface area contributed by atoms with Crippen LogP contribution < -0.4 is 5.48 Å². The van der Waals surface area contributed by atoms with E-state index in [0.29, 0.717) is 10.6 Å². The van der Waals surface area contributed by atoms with Crippen LogP contribution in [0.15, 0.2) is 18.2 Å². The second kappa shape index (κ2) is 5.49. The van der Waals surface area contributed by atoms with Gasteiger partial charge in [-0.3, -0.25) is 9.63 Å². The van der Waals surface area contributed by atoms with Gasteiger partial charge in [0.25, 0.3) is 5.91 Å². The zero-order valence-corrected chi connectivity index (χ0v) is 10.8. The number of hydroxylamine groups is 1. The lowest BCUT2D eigenvalue weighted by atomic mass is 10.1. The third kappa shape index (κ3) is 4.00. The summed E-state index contributed by atoms with van der Waals surface area (Å²) in [7, 11) is 0. The number of hydrogen-bond acceptors (Lipinski definition) is 3. The smallest absolute Gasteiger partial charge is 0.276 e. The molecule has 4 nitrogen and oxygen atoms in total. The van der Waals surface area contributed by atoms with Crippen molar-refractivity contribution in [3.8, 4) is 0 Å². The molecule has 0 aliphatic rings. The van der Waals surface area contributed by atoms with Crippen LogP contribution >= 0.6 is 11.6 Å². The van der Waals surface area contributed by atoms with E-state index in [-0.39, 0.29) is 6.61 Å². The fourth-order valence-electron chi connectivity index (χ4n) is 1.08. The maximum Gasteiger partial charge on any atom is 0.276 e. The number of benzene rings is 1. The fraction of sp³-hybridized carbons (Fsp3) is 0.417. The predicted molar refractivity (Wildman–Crippen MR) is 65.9 cm³/mol. The van der Waals surface area contributed by atoms with Crippen molar-refractivity contribution in [1.29, 1.82) is 0 Å². The molecule has 1 aromatic carbocycles. The van der Waals surface area contributed by atoms with E-state index >= 15 is 0 Å². The van der Waals surface area contributed by atoms with Gasteiger partial charge in [0.1, 0.15) is 5.60 Å². The van der Waals surface area contributed by atoms with E-state index in [9.17, 15) is 4.79 Å². The average molecular weight is 258 g/mol. The molecule has 0 radical (unpaired) electrons. The zero-order valence-electron chi connectivity index (χ0n) is 10.1. The van der Waals surface area contributed by atoms with Gasteiger partial charge in [0.05, 0.1) is 17.2 Å². The summed E-state index contributed by atoms with van der Waals surface area (Å²) < 4.78 is 0. The highest BCUT2D eigenvalue weighted by Gasteiger charge is 2.20. The van der Waals surface area contributed by atoms with E-state index < -0.39 is 11.5 Å². The average Bonchev–Trinajstić information content (AvgIpc) is 2.26. The summed E-state index contributed by atoms with van der Waals surface area (Å²) in [6, 6.07) is 5.12. The van der Waals surface area contributed by atoms with Crippen LogP contribution in [0.1, 0.15) is 29.8 Å². The van der Waals surface area contributed by atoms with Gasteiger partial charge < -0.3 is 5.11 Å². The Labute approximate surface area is 105 Å². The van der Waals surface area contributed by atoms with Crippen molar-refractivity contribution in [1.82, 2.24) is 5.48 Å². The Morgan fingerprint density at radius 2 is 2.18 bits per heavy atom. The van der Waals surface area contributed by atoms with E-state index in [1.165, 1.54) is 0 Å². The van der Waals surface area contributed by atoms with Crippen molar-refractivity contribution in [2.24, 2.45) is 0 Å². The number of aliphatic hydroxyl groups is 1. The first-order valence-electron chi connectivity index (χ1n) is 5.21. The molecule has 2 N–H and O–H groups in total. The van der Waals surface area contributed by atoms with E-state index in [1.807, 2.05) is 6.92 Å². The molecule has 0 aliphatic heterocycles. The van der Waals surface area contributed by atoms with Crippen molar-refractivity contribution in [2.75, 3.05) is 6.61 Å². The highest BCUT2D eigenvalue weighted by atomic mass is 35.5. The van der Waals surface area contributed by atoms with Crippen molar-refractivity contribution < 1.29 is 14.7 Å². The molecule has 1 rings (SSSR count). The largest absolute Gasteiger partial charge is 0.393 e. The summed E-state index contributed by atoms with van der Waals surface area (Å²) in [6.07, 6.45) is 0. The van der Waals surface area contributed by atoms with Crippen LogP contribution in [0.5, 0.6) is 0 Å². The number of nitrogens with one attached hydrogen (secondary N) is 1. The molecule has 17 heavy (non-hydrogen) atoms. The van der Waals surface area contributed by atoms with Crippen molar-refractivity contribution in [2.45, 2.75) is 26.4 Å². The number of aryl methyl sites for hydroxylation is 1. The first-order chi connectivity index (χ1) is 7.85. The van der Waals surface area contributed by atoms with Gasteiger partial charge >= 0.3 is 0 Å². The number of halogens is 1. The molecule has 1 amide bonds. The van der Waals surface area contributed by atoms with E-state index in [0.717, 1.165) is 5.56 Å². The highest BCUT2D eigenvalue weighted by Crippen LogP contribution is 2.17. The second-order valence-corrected chi connectivity index (χ2v) is 4.84. The van der Waals surface area contributed by atoms with Gasteiger partial charge in [0.15, 0.2) is 0 Å². The summed E-state index contributed by atoms with van der Waals surface area (Å²) in [5.74, 6) is -0.434. The number of carbonyl (C=O) groups is 1. The molecular formula is C12H16ClNO3. The lowest BCUT2D eigenvalue weighted by Gasteiger charge is -2.21. The van der Waals surface area contributed by atoms with Crippen LogP contribution in [-0.2, 0) is 4.84 Å². The minimum absolute atomic E-state index is 0.199. The van der Waals surface area contributed by atoms with Crippen LogP contribution in [0.3, 0.4) is 0 Å². The van der Waals surface area contributed by atoms with Crippen molar-refractivity contribution >= 4 is 17.5 Å². The SMILES string of the molecule is Cc1ccc(C(=O)NOC(C)(C)CO)c(Cl)c1. The Bertz CT molecular complexity index is 418. The van der Waals surface area contributed by atoms with Crippen LogP contribution in [0.2, 0.25) is 5.02 Å². The van der Waals surface area contributed by atoms with E-state index in [4.69, 9.17) is 21.5 Å². The molecule has 0 heterocycles. The molecule has 5 heteroatoms. The Kier molecular flexibility index (Phi) is 4.51. The Morgan fingerprint density at radius 1 is 1.53 bits per heavy atom. The maximum atomic E-state index is 11.7. The van der Waals surface area contributed by atoms with Crippen LogP contribution in [0, 0.1) is 6.92 Å². The molecule has 0 aromatic heterocycles. The van der Waals surface area contributed by atoms with Crippen LogP contribution in [0.25, 0.3) is 0 Å². The van der Waals surface area contributed by atoms with Gasteiger partial charge in [-0.2, -0.15) is 0 Å². The number of aliphatic hydroxyl groups excluding tert-OH is 1. The number of amides is 1. The summed E-state index contributed by atoms with van der Waals surface area (Å²) in [4.78, 5) is 16.8. The molecule has 94 valence electrons. The molecule has 1 aromatic rings. The van der Waals surface area contributed by atoms with Gasteiger partial charge in [0.2, 0.25) is 0 Å². The minimum Gasteiger partial charge on any atom is -0.393 e. The zero-order chi connectivity index (χ0) is 13.1. The Morgan fingerprint density at radius 3 is 2.71 bits per heavy atom. The fourth-order valence-corrected chi connectivity index (χ4v) is 1.40. The Hall–Kier alpha value is -1.10. The summed E-state index contributed by atoms with van der Waals surface area (Å²) >= 11 is 5.94. The van der Waals surface area contributed by atoms with Crippen molar-refractivity contribution in [3.05, 3.63) is 34.3 Å². The highest BCUT2D eigenvalue weighted by molar-refractivity contribution is 6.33. The Balaban J connectivity index is 2.71. The molecule has 0 saturated heterocycles. The topological polar surface area (TPSA) is 58.6 Å².